The molecule has 18 heavy (non-hydrogen) atoms. The monoisotopic (exact) mass is 326 g/mol. The normalized spacial score (nSPS) is 12.8. The van der Waals surface area contributed by atoms with Crippen molar-refractivity contribution in [1.29, 1.82) is 0 Å². The Kier molecular flexibility index (Phi) is 6.49. The lowest BCUT2D eigenvalue weighted by Crippen LogP contribution is -2.07. The summed E-state index contributed by atoms with van der Waals surface area (Å²) in [6, 6.07) is 4.18. The molecule has 0 saturated carbocycles. The van der Waals surface area contributed by atoms with Crippen molar-refractivity contribution in [1.82, 2.24) is 0 Å². The van der Waals surface area contributed by atoms with E-state index in [1.807, 2.05) is 0 Å². The maximum absolute atomic E-state index is 13.1. The Morgan fingerprint density at radius 3 is 2.67 bits per heavy atom. The van der Waals surface area contributed by atoms with Crippen LogP contribution in [0.4, 0.5) is 13.2 Å². The number of rotatable bonds is 7. The molecule has 0 N–H and O–H groups in total. The Bertz CT molecular complexity index is 374. The molecule has 0 aliphatic heterocycles. The summed E-state index contributed by atoms with van der Waals surface area (Å²) < 4.78 is 46.7. The van der Waals surface area contributed by atoms with Gasteiger partial charge in [0.15, 0.2) is 0 Å². The molecule has 0 saturated heterocycles. The van der Waals surface area contributed by atoms with Crippen LogP contribution in [0.15, 0.2) is 18.2 Å². The first kappa shape index (κ1) is 15.3. The van der Waals surface area contributed by atoms with Crippen LogP contribution in [0.3, 0.4) is 0 Å². The minimum atomic E-state index is -2.47. The van der Waals surface area contributed by atoms with Gasteiger partial charge in [-0.1, -0.05) is 15.9 Å². The third-order valence-corrected chi connectivity index (χ3v) is 3.24. The van der Waals surface area contributed by atoms with Gasteiger partial charge in [-0.3, -0.25) is 0 Å². The van der Waals surface area contributed by atoms with E-state index < -0.39 is 13.0 Å². The summed E-state index contributed by atoms with van der Waals surface area (Å²) in [6.45, 7) is -0.417. The second kappa shape index (κ2) is 7.63. The van der Waals surface area contributed by atoms with Gasteiger partial charge in [-0.15, -0.1) is 0 Å². The van der Waals surface area contributed by atoms with E-state index in [1.165, 1.54) is 25.3 Å². The van der Waals surface area contributed by atoms with E-state index in [0.717, 1.165) is 0 Å². The molecule has 2 nitrogen and oxygen atoms in total. The summed E-state index contributed by atoms with van der Waals surface area (Å²) in [5.74, 6) is 0.177. The molecule has 1 aromatic rings. The molecule has 1 unspecified atom stereocenters. The number of hydrogen-bond acceptors (Lipinski definition) is 2. The minimum absolute atomic E-state index is 0.167. The van der Waals surface area contributed by atoms with Crippen LogP contribution in [-0.4, -0.2) is 26.7 Å². The molecule has 6 heteroatoms. The van der Waals surface area contributed by atoms with Crippen molar-refractivity contribution in [2.75, 3.05) is 20.3 Å². The van der Waals surface area contributed by atoms with Gasteiger partial charge < -0.3 is 9.47 Å². The van der Waals surface area contributed by atoms with Crippen LogP contribution in [0.25, 0.3) is 0 Å². The topological polar surface area (TPSA) is 18.5 Å². The van der Waals surface area contributed by atoms with Crippen molar-refractivity contribution < 1.29 is 22.6 Å². The van der Waals surface area contributed by atoms with E-state index in [9.17, 15) is 13.2 Å². The number of alkyl halides is 3. The summed E-state index contributed by atoms with van der Waals surface area (Å²) in [7, 11) is 1.49. The highest BCUT2D eigenvalue weighted by Crippen LogP contribution is 2.34. The highest BCUT2D eigenvalue weighted by Gasteiger charge is 2.14. The first-order valence-corrected chi connectivity index (χ1v) is 6.29. The molecule has 0 radical (unpaired) electrons. The van der Waals surface area contributed by atoms with Crippen molar-refractivity contribution >= 4 is 15.9 Å². The molecule has 1 aromatic carbocycles. The van der Waals surface area contributed by atoms with Crippen LogP contribution in [0.1, 0.15) is 16.8 Å². The van der Waals surface area contributed by atoms with Crippen molar-refractivity contribution in [3.05, 3.63) is 29.6 Å². The Hall–Kier alpha value is -0.750. The van der Waals surface area contributed by atoms with Crippen LogP contribution in [0.5, 0.6) is 5.75 Å². The molecule has 0 heterocycles. The van der Waals surface area contributed by atoms with Crippen LogP contribution in [0, 0.1) is 5.82 Å². The lowest BCUT2D eigenvalue weighted by atomic mass is 10.1. The van der Waals surface area contributed by atoms with Crippen molar-refractivity contribution in [2.24, 2.45) is 0 Å². The quantitative estimate of drug-likeness (QED) is 0.558. The molecule has 1 atom stereocenters. The first-order chi connectivity index (χ1) is 8.54. The zero-order valence-electron chi connectivity index (χ0n) is 9.84. The standard InChI is InChI=1S/C12H14BrF3O2/c1-17-11-3-2-8(14)6-9(11)10(13)4-5-18-7-12(15)16/h2-3,6,10,12H,4-5,7H2,1H3. The van der Waals surface area contributed by atoms with Crippen molar-refractivity contribution in [2.45, 2.75) is 17.7 Å². The van der Waals surface area contributed by atoms with Gasteiger partial charge in [0.25, 0.3) is 6.43 Å². The number of ether oxygens (including phenoxy) is 2. The lowest BCUT2D eigenvalue weighted by molar-refractivity contribution is 0.0167. The predicted molar refractivity (Wildman–Crippen MR) is 66.1 cm³/mol. The highest BCUT2D eigenvalue weighted by atomic mass is 79.9. The van der Waals surface area contributed by atoms with E-state index in [4.69, 9.17) is 9.47 Å². The number of halogens is 4. The summed E-state index contributed by atoms with van der Waals surface area (Å²) >= 11 is 3.36. The predicted octanol–water partition coefficient (Wildman–Crippen LogP) is 3.94. The summed E-state index contributed by atoms with van der Waals surface area (Å²) in [5, 5.41) is 0. The fourth-order valence-corrected chi connectivity index (χ4v) is 2.01. The van der Waals surface area contributed by atoms with Gasteiger partial charge in [0.1, 0.15) is 18.2 Å². The summed E-state index contributed by atoms with van der Waals surface area (Å²) in [6.07, 6.45) is -2.02. The molecule has 0 amide bonds. The summed E-state index contributed by atoms with van der Waals surface area (Å²) in [4.78, 5) is -0.208. The van der Waals surface area contributed by atoms with Crippen molar-refractivity contribution in [3.8, 4) is 5.75 Å². The van der Waals surface area contributed by atoms with Gasteiger partial charge in [-0.05, 0) is 24.6 Å². The van der Waals surface area contributed by atoms with E-state index >= 15 is 0 Å². The lowest BCUT2D eigenvalue weighted by Gasteiger charge is -2.14. The van der Waals surface area contributed by atoms with Crippen LogP contribution in [-0.2, 0) is 4.74 Å². The number of benzene rings is 1. The average Bonchev–Trinajstić information content (AvgIpc) is 2.34. The molecule has 102 valence electrons. The Morgan fingerprint density at radius 2 is 2.06 bits per heavy atom. The Balaban J connectivity index is 2.55. The van der Waals surface area contributed by atoms with E-state index in [0.29, 0.717) is 17.7 Å². The molecule has 0 aliphatic rings. The Labute approximate surface area is 112 Å². The second-order valence-corrected chi connectivity index (χ2v) is 4.71. The smallest absolute Gasteiger partial charge is 0.261 e. The SMILES string of the molecule is COc1ccc(F)cc1C(Br)CCOCC(F)F. The van der Waals surface area contributed by atoms with Crippen LogP contribution in [0.2, 0.25) is 0 Å². The maximum Gasteiger partial charge on any atom is 0.261 e. The zero-order valence-corrected chi connectivity index (χ0v) is 11.4. The molecule has 0 spiro atoms. The summed E-state index contributed by atoms with van der Waals surface area (Å²) in [5.41, 5.74) is 0.637. The van der Waals surface area contributed by atoms with E-state index in [2.05, 4.69) is 15.9 Å². The maximum atomic E-state index is 13.1. The largest absolute Gasteiger partial charge is 0.496 e. The first-order valence-electron chi connectivity index (χ1n) is 5.38. The fraction of sp³-hybridized carbons (Fsp3) is 0.500. The van der Waals surface area contributed by atoms with E-state index in [-0.39, 0.29) is 17.3 Å². The molecule has 0 aromatic heterocycles. The van der Waals surface area contributed by atoms with Gasteiger partial charge >= 0.3 is 0 Å². The van der Waals surface area contributed by atoms with E-state index in [1.54, 1.807) is 0 Å². The fourth-order valence-electron chi connectivity index (χ4n) is 1.46. The van der Waals surface area contributed by atoms with Crippen LogP contribution < -0.4 is 4.74 Å². The zero-order chi connectivity index (χ0) is 13.5. The second-order valence-electron chi connectivity index (χ2n) is 3.61. The molecule has 0 aliphatic carbocycles. The number of hydrogen-bond donors (Lipinski definition) is 0. The third kappa shape index (κ3) is 4.86. The molecular weight excluding hydrogens is 313 g/mol. The Morgan fingerprint density at radius 1 is 1.33 bits per heavy atom. The third-order valence-electron chi connectivity index (χ3n) is 2.29. The van der Waals surface area contributed by atoms with Gasteiger partial charge in [0, 0.05) is 17.0 Å². The van der Waals surface area contributed by atoms with Crippen LogP contribution >= 0.6 is 15.9 Å². The van der Waals surface area contributed by atoms with Gasteiger partial charge in [-0.2, -0.15) is 0 Å². The van der Waals surface area contributed by atoms with Crippen molar-refractivity contribution in [3.63, 3.8) is 0 Å². The molecule has 0 fully saturated rings. The van der Waals surface area contributed by atoms with Gasteiger partial charge in [0.05, 0.1) is 7.11 Å². The number of methoxy groups -OCH3 is 1. The highest BCUT2D eigenvalue weighted by molar-refractivity contribution is 9.09. The molecule has 0 bridgehead atoms. The van der Waals surface area contributed by atoms with Gasteiger partial charge in [0.2, 0.25) is 0 Å². The average molecular weight is 327 g/mol. The molecule has 1 rings (SSSR count). The van der Waals surface area contributed by atoms with Gasteiger partial charge in [-0.25, -0.2) is 13.2 Å². The minimum Gasteiger partial charge on any atom is -0.496 e. The molecular formula is C12H14BrF3O2.